The number of rotatable bonds is 50. The van der Waals surface area contributed by atoms with Crippen molar-refractivity contribution in [3.63, 3.8) is 0 Å². The number of allylic oxidation sites excluding steroid dienone is 2. The summed E-state index contributed by atoms with van der Waals surface area (Å²) in [5, 5.41) is 43.8. The number of amides is 1. The third kappa shape index (κ3) is 42.4. The predicted octanol–water partition coefficient (Wildman–Crippen LogP) is 15.3. The van der Waals surface area contributed by atoms with Crippen LogP contribution in [0.5, 0.6) is 0 Å². The van der Waals surface area contributed by atoms with Gasteiger partial charge in [-0.15, -0.1) is 0 Å². The minimum absolute atomic E-state index is 0.373. The highest BCUT2D eigenvalue weighted by Gasteiger charge is 2.28. The quantitative estimate of drug-likeness (QED) is 0.0309. The van der Waals surface area contributed by atoms with Crippen LogP contribution in [0.3, 0.4) is 0 Å². The highest BCUT2D eigenvalue weighted by atomic mass is 16.3. The zero-order valence-corrected chi connectivity index (χ0v) is 40.5. The Labute approximate surface area is 374 Å². The van der Waals surface area contributed by atoms with E-state index in [1.165, 1.54) is 231 Å². The van der Waals surface area contributed by atoms with Crippen LogP contribution >= 0.6 is 0 Å². The van der Waals surface area contributed by atoms with Crippen LogP contribution in [0.1, 0.15) is 296 Å². The van der Waals surface area contributed by atoms with Gasteiger partial charge in [0, 0.05) is 0 Å². The second-order valence-corrected chi connectivity index (χ2v) is 18.9. The van der Waals surface area contributed by atoms with Crippen molar-refractivity contribution in [2.24, 2.45) is 0 Å². The molecule has 4 atom stereocenters. The molecule has 0 aromatic heterocycles. The molecule has 6 heteroatoms. The van der Waals surface area contributed by atoms with E-state index in [1.807, 2.05) is 0 Å². The molecule has 4 unspecified atom stereocenters. The fourth-order valence-electron chi connectivity index (χ4n) is 8.70. The minimum Gasteiger partial charge on any atom is -0.394 e. The van der Waals surface area contributed by atoms with Crippen molar-refractivity contribution in [3.05, 3.63) is 12.2 Å². The van der Waals surface area contributed by atoms with Crippen LogP contribution in [0.25, 0.3) is 0 Å². The first-order chi connectivity index (χ1) is 29.5. The average Bonchev–Trinajstić information content (AvgIpc) is 3.25. The Morgan fingerprint density at radius 2 is 0.667 bits per heavy atom. The summed E-state index contributed by atoms with van der Waals surface area (Å²) in [4.78, 5) is 12.6. The summed E-state index contributed by atoms with van der Waals surface area (Å²) >= 11 is 0. The fraction of sp³-hybridized carbons (Fsp3) is 0.944. The molecule has 0 radical (unpaired) electrons. The van der Waals surface area contributed by atoms with Crippen molar-refractivity contribution < 1.29 is 25.2 Å². The number of aliphatic hydroxyl groups is 4. The third-order valence-electron chi connectivity index (χ3n) is 13.0. The second kappa shape index (κ2) is 49.1. The van der Waals surface area contributed by atoms with Gasteiger partial charge in [-0.05, 0) is 38.5 Å². The van der Waals surface area contributed by atoms with Crippen LogP contribution in [0.4, 0.5) is 0 Å². The average molecular weight is 850 g/mol. The molecule has 0 fully saturated rings. The van der Waals surface area contributed by atoms with Crippen molar-refractivity contribution in [2.45, 2.75) is 321 Å². The number of carbonyl (C=O) groups excluding carboxylic acids is 1. The Hall–Kier alpha value is -0.950. The highest BCUT2D eigenvalue weighted by Crippen LogP contribution is 2.18. The van der Waals surface area contributed by atoms with Crippen molar-refractivity contribution in [3.8, 4) is 0 Å². The summed E-state index contributed by atoms with van der Waals surface area (Å²) in [5.74, 6) is -0.579. The first-order valence-electron chi connectivity index (χ1n) is 27.1. The molecule has 60 heavy (non-hydrogen) atoms. The number of unbranched alkanes of at least 4 members (excludes halogenated alkanes) is 39. The first kappa shape index (κ1) is 59.0. The van der Waals surface area contributed by atoms with E-state index in [1.54, 1.807) is 0 Å². The monoisotopic (exact) mass is 850 g/mol. The predicted molar refractivity (Wildman–Crippen MR) is 261 cm³/mol. The lowest BCUT2D eigenvalue weighted by atomic mass is 9.99. The highest BCUT2D eigenvalue weighted by molar-refractivity contribution is 5.80. The summed E-state index contributed by atoms with van der Waals surface area (Å²) in [7, 11) is 0. The molecule has 0 aromatic rings. The Morgan fingerprint density at radius 3 is 0.967 bits per heavy atom. The van der Waals surface area contributed by atoms with Crippen LogP contribution in [-0.2, 0) is 4.79 Å². The van der Waals surface area contributed by atoms with Crippen LogP contribution in [0.15, 0.2) is 12.2 Å². The van der Waals surface area contributed by atoms with E-state index in [0.29, 0.717) is 12.8 Å². The van der Waals surface area contributed by atoms with Gasteiger partial charge >= 0.3 is 0 Å². The van der Waals surface area contributed by atoms with Gasteiger partial charge in [0.25, 0.3) is 0 Å². The zero-order valence-electron chi connectivity index (χ0n) is 40.5. The number of hydrogen-bond acceptors (Lipinski definition) is 5. The zero-order chi connectivity index (χ0) is 43.8. The summed E-state index contributed by atoms with van der Waals surface area (Å²) in [6.45, 7) is 4.07. The van der Waals surface area contributed by atoms with Gasteiger partial charge in [0.2, 0.25) is 5.91 Å². The Bertz CT molecular complexity index is 867. The minimum atomic E-state index is -1.25. The maximum atomic E-state index is 12.6. The molecule has 0 aliphatic carbocycles. The summed E-state index contributed by atoms with van der Waals surface area (Å²) in [6, 6.07) is -0.981. The number of nitrogens with one attached hydrogen (secondary N) is 1. The molecule has 0 saturated heterocycles. The van der Waals surface area contributed by atoms with Gasteiger partial charge in [0.05, 0.1) is 18.8 Å². The normalized spacial score (nSPS) is 13.9. The maximum Gasteiger partial charge on any atom is 0.249 e. The lowest BCUT2D eigenvalue weighted by molar-refractivity contribution is -0.132. The largest absolute Gasteiger partial charge is 0.394 e. The molecular formula is C54H107NO5. The maximum absolute atomic E-state index is 12.6. The van der Waals surface area contributed by atoms with E-state index in [4.69, 9.17) is 0 Å². The third-order valence-corrected chi connectivity index (χ3v) is 13.0. The Morgan fingerprint density at radius 1 is 0.400 bits per heavy atom. The first-order valence-corrected chi connectivity index (χ1v) is 27.1. The molecule has 0 bridgehead atoms. The summed E-state index contributed by atoms with van der Waals surface area (Å²) < 4.78 is 0. The van der Waals surface area contributed by atoms with Gasteiger partial charge < -0.3 is 25.7 Å². The molecule has 0 rings (SSSR count). The van der Waals surface area contributed by atoms with Crippen molar-refractivity contribution in [2.75, 3.05) is 6.61 Å². The van der Waals surface area contributed by atoms with Gasteiger partial charge in [-0.1, -0.05) is 270 Å². The molecule has 6 nitrogen and oxygen atoms in total. The molecule has 0 heterocycles. The van der Waals surface area contributed by atoms with Crippen LogP contribution in [-0.4, -0.2) is 57.3 Å². The SMILES string of the molecule is CCCCCCCCCCCCCC/C=C\CCCCCCCCCCCCCCCCCC(O)C(=O)NC(CO)C(O)C(O)CCCCCCCCCCCCCCC. The van der Waals surface area contributed by atoms with E-state index in [2.05, 4.69) is 31.3 Å². The number of aliphatic hydroxyl groups excluding tert-OH is 4. The van der Waals surface area contributed by atoms with Crippen molar-refractivity contribution >= 4 is 5.91 Å². The van der Waals surface area contributed by atoms with Gasteiger partial charge in [-0.25, -0.2) is 0 Å². The molecular weight excluding hydrogens is 743 g/mol. The van der Waals surface area contributed by atoms with Gasteiger partial charge in [-0.3, -0.25) is 4.79 Å². The lowest BCUT2D eigenvalue weighted by Crippen LogP contribution is -2.53. The smallest absolute Gasteiger partial charge is 0.249 e. The molecule has 5 N–H and O–H groups in total. The van der Waals surface area contributed by atoms with Crippen molar-refractivity contribution in [1.29, 1.82) is 0 Å². The van der Waals surface area contributed by atoms with Crippen LogP contribution in [0.2, 0.25) is 0 Å². The fourth-order valence-corrected chi connectivity index (χ4v) is 8.70. The van der Waals surface area contributed by atoms with Gasteiger partial charge in [0.15, 0.2) is 0 Å². The number of hydrogen-bond donors (Lipinski definition) is 5. The molecule has 0 spiro atoms. The lowest BCUT2D eigenvalue weighted by Gasteiger charge is -2.27. The van der Waals surface area contributed by atoms with E-state index >= 15 is 0 Å². The molecule has 0 aromatic carbocycles. The Kier molecular flexibility index (Phi) is 48.3. The molecule has 0 aliphatic rings. The number of carbonyl (C=O) groups is 1. The molecule has 1 amide bonds. The van der Waals surface area contributed by atoms with Gasteiger partial charge in [-0.2, -0.15) is 0 Å². The van der Waals surface area contributed by atoms with E-state index in [-0.39, 0.29) is 0 Å². The summed E-state index contributed by atoms with van der Waals surface area (Å²) in [6.07, 6.45) is 57.1. The van der Waals surface area contributed by atoms with E-state index < -0.39 is 36.9 Å². The Balaban J connectivity index is 3.55. The van der Waals surface area contributed by atoms with Crippen molar-refractivity contribution in [1.82, 2.24) is 5.32 Å². The van der Waals surface area contributed by atoms with Gasteiger partial charge in [0.1, 0.15) is 12.2 Å². The topological polar surface area (TPSA) is 110 Å². The molecule has 358 valence electrons. The standard InChI is InChI=1S/C54H107NO5/c1-3-5-7-9-11-13-15-17-18-19-20-21-22-23-24-25-26-27-28-29-30-31-32-33-34-36-38-40-42-44-46-48-52(58)54(60)55-50(49-56)53(59)51(57)47-45-43-41-39-37-35-16-14-12-10-8-6-4-2/h23-24,50-53,56-59H,3-22,25-49H2,1-2H3,(H,55,60)/b24-23-. The molecule has 0 saturated carbocycles. The van der Waals surface area contributed by atoms with E-state index in [9.17, 15) is 25.2 Å². The second-order valence-electron chi connectivity index (χ2n) is 18.9. The van der Waals surface area contributed by atoms with Crippen LogP contribution in [0, 0.1) is 0 Å². The molecule has 0 aliphatic heterocycles. The van der Waals surface area contributed by atoms with Crippen LogP contribution < -0.4 is 5.32 Å². The van der Waals surface area contributed by atoms with E-state index in [0.717, 1.165) is 38.5 Å². The summed E-state index contributed by atoms with van der Waals surface area (Å²) in [5.41, 5.74) is 0.